The van der Waals surface area contributed by atoms with E-state index in [1.54, 1.807) is 0 Å². The van der Waals surface area contributed by atoms with Crippen molar-refractivity contribution in [1.29, 1.82) is 5.26 Å². The van der Waals surface area contributed by atoms with Gasteiger partial charge in [-0.1, -0.05) is 19.8 Å². The average Bonchev–Trinajstić information content (AvgIpc) is 2.43. The molecule has 2 unspecified atom stereocenters. The molecule has 2 atom stereocenters. The lowest BCUT2D eigenvalue weighted by Crippen LogP contribution is -2.48. The van der Waals surface area contributed by atoms with Gasteiger partial charge in [-0.15, -0.1) is 0 Å². The Bertz CT molecular complexity index is 328. The Morgan fingerprint density at radius 2 is 2.00 bits per heavy atom. The van der Waals surface area contributed by atoms with Gasteiger partial charge in [-0.05, 0) is 44.4 Å². The molecule has 3 heteroatoms. The molecule has 0 aromatic carbocycles. The number of amides is 1. The van der Waals surface area contributed by atoms with Crippen molar-refractivity contribution in [1.82, 2.24) is 5.32 Å². The van der Waals surface area contributed by atoms with Gasteiger partial charge in [0.15, 0.2) is 0 Å². The van der Waals surface area contributed by atoms with Crippen molar-refractivity contribution in [2.24, 2.45) is 11.3 Å². The molecule has 0 aliphatic heterocycles. The average molecular weight is 234 g/mol. The molecule has 3 nitrogen and oxygen atoms in total. The SMILES string of the molecule is CC1CCCC(NC(=O)C2(C#N)CCC2)CC1. The largest absolute Gasteiger partial charge is 0.352 e. The molecule has 2 aliphatic carbocycles. The highest BCUT2D eigenvalue weighted by Crippen LogP contribution is 2.40. The van der Waals surface area contributed by atoms with Gasteiger partial charge in [0.05, 0.1) is 6.07 Å². The minimum atomic E-state index is -0.683. The van der Waals surface area contributed by atoms with Gasteiger partial charge in [0.2, 0.25) is 5.91 Å². The molecule has 2 aliphatic rings. The second-order valence-corrected chi connectivity index (χ2v) is 5.83. The number of rotatable bonds is 2. The van der Waals surface area contributed by atoms with Crippen LogP contribution < -0.4 is 5.32 Å². The van der Waals surface area contributed by atoms with E-state index in [-0.39, 0.29) is 5.91 Å². The molecule has 0 bridgehead atoms. The summed E-state index contributed by atoms with van der Waals surface area (Å²) in [5, 5.41) is 12.2. The zero-order chi connectivity index (χ0) is 12.3. The van der Waals surface area contributed by atoms with Crippen LogP contribution in [0.3, 0.4) is 0 Å². The van der Waals surface area contributed by atoms with Gasteiger partial charge < -0.3 is 5.32 Å². The van der Waals surface area contributed by atoms with Gasteiger partial charge in [-0.2, -0.15) is 5.26 Å². The van der Waals surface area contributed by atoms with Crippen LogP contribution >= 0.6 is 0 Å². The van der Waals surface area contributed by atoms with E-state index in [9.17, 15) is 4.79 Å². The predicted molar refractivity (Wildman–Crippen MR) is 66.1 cm³/mol. The van der Waals surface area contributed by atoms with Gasteiger partial charge in [-0.3, -0.25) is 4.79 Å². The van der Waals surface area contributed by atoms with Crippen LogP contribution in [-0.4, -0.2) is 11.9 Å². The quantitative estimate of drug-likeness (QED) is 0.747. The van der Waals surface area contributed by atoms with Gasteiger partial charge in [-0.25, -0.2) is 0 Å². The number of nitriles is 1. The molecule has 0 aromatic heterocycles. The third-order valence-corrected chi connectivity index (χ3v) is 4.45. The van der Waals surface area contributed by atoms with E-state index in [2.05, 4.69) is 18.3 Å². The lowest BCUT2D eigenvalue weighted by Gasteiger charge is -2.34. The standard InChI is InChI=1S/C14H22N2O/c1-11-4-2-5-12(7-6-11)16-13(17)14(10-15)8-3-9-14/h11-12H,2-9H2,1H3,(H,16,17). The van der Waals surface area contributed by atoms with E-state index < -0.39 is 5.41 Å². The Labute approximate surface area is 104 Å². The molecular weight excluding hydrogens is 212 g/mol. The topological polar surface area (TPSA) is 52.9 Å². The van der Waals surface area contributed by atoms with Crippen LogP contribution in [0.4, 0.5) is 0 Å². The summed E-state index contributed by atoms with van der Waals surface area (Å²) in [5.74, 6) is 0.774. The first-order valence-electron chi connectivity index (χ1n) is 6.88. The van der Waals surface area contributed by atoms with Crippen LogP contribution in [0.5, 0.6) is 0 Å². The summed E-state index contributed by atoms with van der Waals surface area (Å²) < 4.78 is 0. The van der Waals surface area contributed by atoms with Crippen molar-refractivity contribution in [2.75, 3.05) is 0 Å². The summed E-state index contributed by atoms with van der Waals surface area (Å²) in [6.07, 6.45) is 8.34. The van der Waals surface area contributed by atoms with Crippen molar-refractivity contribution < 1.29 is 4.79 Å². The van der Waals surface area contributed by atoms with E-state index in [1.165, 1.54) is 19.3 Å². The van der Waals surface area contributed by atoms with Crippen LogP contribution in [0, 0.1) is 22.7 Å². The maximum atomic E-state index is 12.1. The minimum Gasteiger partial charge on any atom is -0.352 e. The first kappa shape index (κ1) is 12.4. The van der Waals surface area contributed by atoms with Crippen molar-refractivity contribution in [3.8, 4) is 6.07 Å². The van der Waals surface area contributed by atoms with Gasteiger partial charge in [0.25, 0.3) is 0 Å². The molecule has 0 saturated heterocycles. The Morgan fingerprint density at radius 3 is 2.59 bits per heavy atom. The van der Waals surface area contributed by atoms with Crippen LogP contribution in [0.2, 0.25) is 0 Å². The summed E-state index contributed by atoms with van der Waals surface area (Å²) in [7, 11) is 0. The number of hydrogen-bond acceptors (Lipinski definition) is 2. The van der Waals surface area contributed by atoms with Gasteiger partial charge in [0.1, 0.15) is 5.41 Å². The number of hydrogen-bond donors (Lipinski definition) is 1. The van der Waals surface area contributed by atoms with E-state index in [0.717, 1.165) is 38.0 Å². The third-order valence-electron chi connectivity index (χ3n) is 4.45. The van der Waals surface area contributed by atoms with Crippen molar-refractivity contribution in [3.05, 3.63) is 0 Å². The smallest absolute Gasteiger partial charge is 0.240 e. The predicted octanol–water partition coefficient (Wildman–Crippen LogP) is 2.77. The fourth-order valence-electron chi connectivity index (χ4n) is 2.87. The fourth-order valence-corrected chi connectivity index (χ4v) is 2.87. The van der Waals surface area contributed by atoms with E-state index >= 15 is 0 Å². The normalized spacial score (nSPS) is 31.8. The van der Waals surface area contributed by atoms with Crippen LogP contribution in [0.25, 0.3) is 0 Å². The first-order valence-corrected chi connectivity index (χ1v) is 6.88. The number of carbonyl (C=O) groups excluding carboxylic acids is 1. The van der Waals surface area contributed by atoms with Crippen LogP contribution in [0.15, 0.2) is 0 Å². The fraction of sp³-hybridized carbons (Fsp3) is 0.857. The zero-order valence-electron chi connectivity index (χ0n) is 10.7. The molecular formula is C14H22N2O. The number of carbonyl (C=O) groups is 1. The highest BCUT2D eigenvalue weighted by Gasteiger charge is 2.45. The molecule has 0 aromatic rings. The van der Waals surface area contributed by atoms with Crippen LogP contribution in [-0.2, 0) is 4.79 Å². The maximum absolute atomic E-state index is 12.1. The van der Waals surface area contributed by atoms with Gasteiger partial charge in [0, 0.05) is 6.04 Å². The highest BCUT2D eigenvalue weighted by atomic mass is 16.2. The highest BCUT2D eigenvalue weighted by molar-refractivity contribution is 5.86. The Morgan fingerprint density at radius 1 is 1.24 bits per heavy atom. The Kier molecular flexibility index (Phi) is 3.71. The summed E-state index contributed by atoms with van der Waals surface area (Å²) in [6.45, 7) is 2.28. The zero-order valence-corrected chi connectivity index (χ0v) is 10.7. The number of nitrogens with zero attached hydrogens (tertiary/aromatic N) is 1. The second-order valence-electron chi connectivity index (χ2n) is 5.83. The second kappa shape index (κ2) is 5.08. The Balaban J connectivity index is 1.88. The van der Waals surface area contributed by atoms with Crippen molar-refractivity contribution in [3.63, 3.8) is 0 Å². The third kappa shape index (κ3) is 2.62. The molecule has 2 fully saturated rings. The van der Waals surface area contributed by atoms with Crippen molar-refractivity contribution in [2.45, 2.75) is 64.3 Å². The molecule has 94 valence electrons. The van der Waals surface area contributed by atoms with E-state index in [4.69, 9.17) is 5.26 Å². The monoisotopic (exact) mass is 234 g/mol. The molecule has 0 heterocycles. The molecule has 0 radical (unpaired) electrons. The van der Waals surface area contributed by atoms with Crippen LogP contribution in [0.1, 0.15) is 58.3 Å². The van der Waals surface area contributed by atoms with E-state index in [0.29, 0.717) is 6.04 Å². The molecule has 17 heavy (non-hydrogen) atoms. The lowest BCUT2D eigenvalue weighted by molar-refractivity contribution is -0.132. The summed E-state index contributed by atoms with van der Waals surface area (Å²) in [4.78, 5) is 12.1. The lowest BCUT2D eigenvalue weighted by atomic mass is 9.69. The molecule has 1 N–H and O–H groups in total. The molecule has 2 rings (SSSR count). The summed E-state index contributed by atoms with van der Waals surface area (Å²) in [5.41, 5.74) is -0.683. The maximum Gasteiger partial charge on any atom is 0.240 e. The summed E-state index contributed by atoms with van der Waals surface area (Å²) in [6, 6.07) is 2.52. The molecule has 1 amide bonds. The minimum absolute atomic E-state index is 0.00852. The van der Waals surface area contributed by atoms with Crippen molar-refractivity contribution >= 4 is 5.91 Å². The number of nitrogens with one attached hydrogen (secondary N) is 1. The Hall–Kier alpha value is -1.04. The van der Waals surface area contributed by atoms with Gasteiger partial charge >= 0.3 is 0 Å². The molecule has 2 saturated carbocycles. The summed E-state index contributed by atoms with van der Waals surface area (Å²) >= 11 is 0. The van der Waals surface area contributed by atoms with E-state index in [1.807, 2.05) is 0 Å². The first-order chi connectivity index (χ1) is 8.16. The molecule has 0 spiro atoms.